The monoisotopic (exact) mass is 293 g/mol. The number of nitrogens with one attached hydrogen (secondary N) is 1. The summed E-state index contributed by atoms with van der Waals surface area (Å²) < 4.78 is 18.5. The Balaban J connectivity index is 1.88. The first-order valence-corrected chi connectivity index (χ1v) is 8.30. The second-order valence-electron chi connectivity index (χ2n) is 6.19. The first-order valence-electron chi connectivity index (χ1n) is 8.30. The van der Waals surface area contributed by atoms with E-state index in [4.69, 9.17) is 4.74 Å². The minimum atomic E-state index is -0.149. The molecule has 21 heavy (non-hydrogen) atoms. The van der Waals surface area contributed by atoms with Crippen molar-refractivity contribution in [3.05, 3.63) is 35.6 Å². The fourth-order valence-electron chi connectivity index (χ4n) is 3.13. The van der Waals surface area contributed by atoms with Crippen LogP contribution in [0.3, 0.4) is 0 Å². The zero-order valence-electron chi connectivity index (χ0n) is 13.1. The molecule has 3 heteroatoms. The fourth-order valence-corrected chi connectivity index (χ4v) is 3.13. The Labute approximate surface area is 128 Å². The maximum absolute atomic E-state index is 13.0. The van der Waals surface area contributed by atoms with Crippen LogP contribution in [0.5, 0.6) is 0 Å². The van der Waals surface area contributed by atoms with Gasteiger partial charge in [0.2, 0.25) is 0 Å². The number of rotatable bonds is 8. The van der Waals surface area contributed by atoms with Gasteiger partial charge in [0, 0.05) is 13.2 Å². The average molecular weight is 293 g/mol. The quantitative estimate of drug-likeness (QED) is 0.736. The van der Waals surface area contributed by atoms with Crippen LogP contribution in [0.1, 0.15) is 38.2 Å². The van der Waals surface area contributed by atoms with E-state index in [1.54, 1.807) is 12.1 Å². The standard InChI is InChI=1S/C18H28FNO/c1-2-9-20-14-17(13-16-7-10-21-11-8-16)12-15-3-5-18(19)6-4-15/h3-6,16-17,20H,2,7-14H2,1H3. The summed E-state index contributed by atoms with van der Waals surface area (Å²) in [6.45, 7) is 6.16. The van der Waals surface area contributed by atoms with Crippen molar-refractivity contribution in [1.82, 2.24) is 5.32 Å². The number of ether oxygens (including phenoxy) is 1. The Morgan fingerprint density at radius 3 is 2.62 bits per heavy atom. The van der Waals surface area contributed by atoms with Gasteiger partial charge in [0.1, 0.15) is 5.82 Å². The molecule has 1 aliphatic heterocycles. The molecular formula is C18H28FNO. The van der Waals surface area contributed by atoms with Gasteiger partial charge in [-0.25, -0.2) is 4.39 Å². The van der Waals surface area contributed by atoms with Crippen molar-refractivity contribution >= 4 is 0 Å². The topological polar surface area (TPSA) is 21.3 Å². The summed E-state index contributed by atoms with van der Waals surface area (Å²) in [5.41, 5.74) is 1.24. The summed E-state index contributed by atoms with van der Waals surface area (Å²) in [7, 11) is 0. The van der Waals surface area contributed by atoms with Gasteiger partial charge in [-0.15, -0.1) is 0 Å². The number of hydrogen-bond donors (Lipinski definition) is 1. The molecule has 0 spiro atoms. The van der Waals surface area contributed by atoms with Crippen molar-refractivity contribution in [2.45, 2.75) is 39.0 Å². The molecule has 1 saturated heterocycles. The molecule has 118 valence electrons. The maximum atomic E-state index is 13.0. The molecule has 1 aromatic carbocycles. The number of halogens is 1. The lowest BCUT2D eigenvalue weighted by Gasteiger charge is -2.27. The largest absolute Gasteiger partial charge is 0.381 e. The third-order valence-corrected chi connectivity index (χ3v) is 4.30. The lowest BCUT2D eigenvalue weighted by molar-refractivity contribution is 0.0585. The van der Waals surface area contributed by atoms with Crippen molar-refractivity contribution in [3.8, 4) is 0 Å². The Kier molecular flexibility index (Phi) is 7.17. The molecule has 2 rings (SSSR count). The lowest BCUT2D eigenvalue weighted by Crippen LogP contribution is -2.28. The predicted molar refractivity (Wildman–Crippen MR) is 84.9 cm³/mol. The van der Waals surface area contributed by atoms with Gasteiger partial charge in [-0.3, -0.25) is 0 Å². The van der Waals surface area contributed by atoms with E-state index < -0.39 is 0 Å². The van der Waals surface area contributed by atoms with E-state index in [1.807, 2.05) is 12.1 Å². The van der Waals surface area contributed by atoms with Gasteiger partial charge >= 0.3 is 0 Å². The van der Waals surface area contributed by atoms with E-state index in [9.17, 15) is 4.39 Å². The normalized spacial score (nSPS) is 17.8. The number of hydrogen-bond acceptors (Lipinski definition) is 2. The van der Waals surface area contributed by atoms with Crippen LogP contribution in [0.4, 0.5) is 4.39 Å². The zero-order valence-corrected chi connectivity index (χ0v) is 13.1. The molecule has 1 heterocycles. The summed E-state index contributed by atoms with van der Waals surface area (Å²) in [4.78, 5) is 0. The highest BCUT2D eigenvalue weighted by Crippen LogP contribution is 2.25. The van der Waals surface area contributed by atoms with Crippen molar-refractivity contribution in [2.75, 3.05) is 26.3 Å². The third kappa shape index (κ3) is 6.15. The van der Waals surface area contributed by atoms with Crippen LogP contribution in [-0.4, -0.2) is 26.3 Å². The van der Waals surface area contributed by atoms with Crippen LogP contribution in [-0.2, 0) is 11.2 Å². The highest BCUT2D eigenvalue weighted by atomic mass is 19.1. The van der Waals surface area contributed by atoms with Gasteiger partial charge in [-0.05, 0) is 74.7 Å². The van der Waals surface area contributed by atoms with Crippen LogP contribution in [0.2, 0.25) is 0 Å². The Morgan fingerprint density at radius 1 is 1.24 bits per heavy atom. The molecular weight excluding hydrogens is 265 g/mol. The number of benzene rings is 1. The minimum absolute atomic E-state index is 0.149. The SMILES string of the molecule is CCCNCC(Cc1ccc(F)cc1)CC1CCOCC1. The Hall–Kier alpha value is -0.930. The predicted octanol–water partition coefficient (Wildman–Crippen LogP) is 3.80. The summed E-state index contributed by atoms with van der Waals surface area (Å²) >= 11 is 0. The first kappa shape index (κ1) is 16.4. The molecule has 1 unspecified atom stereocenters. The van der Waals surface area contributed by atoms with Crippen molar-refractivity contribution < 1.29 is 9.13 Å². The summed E-state index contributed by atoms with van der Waals surface area (Å²) in [5, 5.41) is 3.55. The Morgan fingerprint density at radius 2 is 1.95 bits per heavy atom. The Bertz CT molecular complexity index is 387. The molecule has 1 N–H and O–H groups in total. The van der Waals surface area contributed by atoms with Crippen LogP contribution in [0, 0.1) is 17.7 Å². The van der Waals surface area contributed by atoms with E-state index in [-0.39, 0.29) is 5.82 Å². The second kappa shape index (κ2) is 9.16. The second-order valence-corrected chi connectivity index (χ2v) is 6.19. The molecule has 2 nitrogen and oxygen atoms in total. The summed E-state index contributed by atoms with van der Waals surface area (Å²) in [6.07, 6.45) is 5.83. The molecule has 0 aliphatic carbocycles. The van der Waals surface area contributed by atoms with Gasteiger partial charge in [-0.2, -0.15) is 0 Å². The lowest BCUT2D eigenvalue weighted by atomic mass is 9.85. The molecule has 0 aromatic heterocycles. The fraction of sp³-hybridized carbons (Fsp3) is 0.667. The summed E-state index contributed by atoms with van der Waals surface area (Å²) in [5.74, 6) is 1.27. The van der Waals surface area contributed by atoms with Gasteiger partial charge in [-0.1, -0.05) is 19.1 Å². The van der Waals surface area contributed by atoms with Crippen LogP contribution in [0.15, 0.2) is 24.3 Å². The molecule has 0 bridgehead atoms. The van der Waals surface area contributed by atoms with Crippen molar-refractivity contribution in [2.24, 2.45) is 11.8 Å². The van der Waals surface area contributed by atoms with E-state index in [1.165, 1.54) is 31.2 Å². The molecule has 0 radical (unpaired) electrons. The van der Waals surface area contributed by atoms with Crippen LogP contribution >= 0.6 is 0 Å². The third-order valence-electron chi connectivity index (χ3n) is 4.30. The minimum Gasteiger partial charge on any atom is -0.381 e. The smallest absolute Gasteiger partial charge is 0.123 e. The van der Waals surface area contributed by atoms with E-state index in [0.29, 0.717) is 5.92 Å². The van der Waals surface area contributed by atoms with Crippen LogP contribution in [0.25, 0.3) is 0 Å². The molecule has 1 fully saturated rings. The van der Waals surface area contributed by atoms with Crippen molar-refractivity contribution in [1.29, 1.82) is 0 Å². The van der Waals surface area contributed by atoms with Gasteiger partial charge in [0.15, 0.2) is 0 Å². The van der Waals surface area contributed by atoms with Gasteiger partial charge < -0.3 is 10.1 Å². The molecule has 0 amide bonds. The first-order chi connectivity index (χ1) is 10.3. The molecule has 1 aromatic rings. The highest BCUT2D eigenvalue weighted by molar-refractivity contribution is 5.16. The zero-order chi connectivity index (χ0) is 14.9. The summed E-state index contributed by atoms with van der Waals surface area (Å²) in [6, 6.07) is 6.99. The van der Waals surface area contributed by atoms with E-state index in [2.05, 4.69) is 12.2 Å². The molecule has 1 atom stereocenters. The molecule has 0 saturated carbocycles. The van der Waals surface area contributed by atoms with Gasteiger partial charge in [0.25, 0.3) is 0 Å². The van der Waals surface area contributed by atoms with Gasteiger partial charge in [0.05, 0.1) is 0 Å². The maximum Gasteiger partial charge on any atom is 0.123 e. The van der Waals surface area contributed by atoms with E-state index in [0.717, 1.165) is 38.6 Å². The highest BCUT2D eigenvalue weighted by Gasteiger charge is 2.19. The molecule has 1 aliphatic rings. The van der Waals surface area contributed by atoms with Crippen molar-refractivity contribution in [3.63, 3.8) is 0 Å². The van der Waals surface area contributed by atoms with E-state index >= 15 is 0 Å². The van der Waals surface area contributed by atoms with Crippen LogP contribution < -0.4 is 5.32 Å². The average Bonchev–Trinajstić information content (AvgIpc) is 2.51.